The van der Waals surface area contributed by atoms with Crippen molar-refractivity contribution >= 4 is 27.4 Å². The smallest absolute Gasteiger partial charge is 0.387 e. The molecule has 1 aromatic heterocycles. The van der Waals surface area contributed by atoms with Gasteiger partial charge in [-0.2, -0.15) is 9.29 Å². The monoisotopic (exact) mass is 527 g/mol. The van der Waals surface area contributed by atoms with Crippen molar-refractivity contribution in [3.63, 3.8) is 0 Å². The summed E-state index contributed by atoms with van der Waals surface area (Å²) in [5, 5.41) is 20.8. The highest BCUT2D eigenvalue weighted by Gasteiger charge is 2.45. The molecule has 1 aliphatic rings. The van der Waals surface area contributed by atoms with Crippen molar-refractivity contribution in [2.75, 3.05) is 6.61 Å². The first-order valence-corrected chi connectivity index (χ1v) is 13.0. The first kappa shape index (κ1) is 27.8. The number of phosphoric acid groups is 2. The van der Waals surface area contributed by atoms with Crippen LogP contribution in [0.2, 0.25) is 0 Å². The Hall–Kier alpha value is -1.45. The lowest BCUT2D eigenvalue weighted by Gasteiger charge is -2.18. The molecule has 0 bridgehead atoms. The van der Waals surface area contributed by atoms with Gasteiger partial charge in [-0.15, -0.1) is 11.8 Å². The van der Waals surface area contributed by atoms with E-state index in [9.17, 15) is 29.0 Å². The molecule has 14 nitrogen and oxygen atoms in total. The number of thioether (sulfide) groups is 1. The fraction of sp³-hybridized carbons (Fsp3) is 0.375. The number of hydrogen-bond donors (Lipinski definition) is 6. The van der Waals surface area contributed by atoms with Crippen molar-refractivity contribution in [2.45, 2.75) is 35.3 Å². The second kappa shape index (κ2) is 11.3. The summed E-state index contributed by atoms with van der Waals surface area (Å²) < 4.78 is 36.6. The van der Waals surface area contributed by atoms with Gasteiger partial charge in [0.05, 0.1) is 6.61 Å². The third-order valence-electron chi connectivity index (χ3n) is 4.26. The maximum absolute atomic E-state index is 12.4. The summed E-state index contributed by atoms with van der Waals surface area (Å²) in [6.45, 7) is -0.865. The van der Waals surface area contributed by atoms with Crippen LogP contribution in [0.25, 0.3) is 0 Å². The molecule has 2 aromatic rings. The van der Waals surface area contributed by atoms with Gasteiger partial charge in [0, 0.05) is 11.9 Å². The predicted octanol–water partition coefficient (Wildman–Crippen LogP) is 0.543. The molecule has 2 heterocycles. The molecule has 1 saturated heterocycles. The van der Waals surface area contributed by atoms with E-state index < -0.39 is 52.5 Å². The number of aliphatic hydroxyl groups excluding tert-OH is 2. The molecule has 1 aromatic carbocycles. The Kier molecular flexibility index (Phi) is 9.53. The Morgan fingerprint density at radius 1 is 1.09 bits per heavy atom. The van der Waals surface area contributed by atoms with E-state index in [1.54, 1.807) is 0 Å². The highest BCUT2D eigenvalue weighted by atomic mass is 32.2. The number of nitrogens with zero attached hydrogens (tertiary/aromatic N) is 2. The van der Waals surface area contributed by atoms with Crippen LogP contribution in [0.4, 0.5) is 0 Å². The normalized spacial score (nSPS) is 24.8. The summed E-state index contributed by atoms with van der Waals surface area (Å²) in [7, 11) is -10.5. The van der Waals surface area contributed by atoms with Crippen LogP contribution in [0.5, 0.6) is 0 Å². The van der Waals surface area contributed by atoms with Gasteiger partial charge in [0.2, 0.25) is 0 Å². The van der Waals surface area contributed by atoms with Crippen molar-refractivity contribution in [3.8, 4) is 0 Å². The molecule has 1 unspecified atom stereocenters. The Bertz CT molecular complexity index is 1080. The molecule has 3 rings (SSSR count). The van der Waals surface area contributed by atoms with Gasteiger partial charge in [-0.25, -0.2) is 13.9 Å². The number of ether oxygens (including phenoxy) is 1. The quantitative estimate of drug-likeness (QED) is 0.148. The topological polar surface area (TPSA) is 233 Å². The molecule has 8 N–H and O–H groups in total. The van der Waals surface area contributed by atoms with E-state index in [-0.39, 0.29) is 6.15 Å². The van der Waals surface area contributed by atoms with E-state index in [0.29, 0.717) is 10.8 Å². The number of hydrogen-bond acceptors (Lipinski definition) is 11. The van der Waals surface area contributed by atoms with Gasteiger partial charge >= 0.3 is 21.3 Å². The van der Waals surface area contributed by atoms with Crippen molar-refractivity contribution in [2.24, 2.45) is 0 Å². The molecule has 0 radical (unpaired) electrons. The number of phosphoric ester groups is 1. The molecule has 1 fully saturated rings. The minimum atomic E-state index is -5.32. The van der Waals surface area contributed by atoms with Crippen molar-refractivity contribution in [1.29, 1.82) is 0 Å². The van der Waals surface area contributed by atoms with Crippen LogP contribution in [-0.2, 0) is 28.5 Å². The zero-order valence-corrected chi connectivity index (χ0v) is 19.5. The molecular weight excluding hydrogens is 504 g/mol. The van der Waals surface area contributed by atoms with Gasteiger partial charge in [-0.3, -0.25) is 9.09 Å². The molecule has 17 heteroatoms. The lowest BCUT2D eigenvalue weighted by atomic mass is 10.1. The van der Waals surface area contributed by atoms with Crippen LogP contribution < -0.4 is 11.8 Å². The molecule has 5 atom stereocenters. The predicted molar refractivity (Wildman–Crippen MR) is 114 cm³/mol. The largest absolute Gasteiger partial charge is 0.481 e. The van der Waals surface area contributed by atoms with E-state index in [0.717, 1.165) is 10.1 Å². The third kappa shape index (κ3) is 7.79. The van der Waals surface area contributed by atoms with Gasteiger partial charge in [-0.05, 0) is 11.6 Å². The second-order valence-electron chi connectivity index (χ2n) is 6.61. The Morgan fingerprint density at radius 2 is 1.76 bits per heavy atom. The van der Waals surface area contributed by atoms with Gasteiger partial charge in [0.25, 0.3) is 0 Å². The van der Waals surface area contributed by atoms with E-state index in [1.165, 1.54) is 24.0 Å². The Balaban J connectivity index is 0.00000385. The summed E-state index contributed by atoms with van der Waals surface area (Å²) in [5.41, 5.74) is 0.270. The molecule has 1 aliphatic heterocycles. The SMILES string of the molecule is N.O=c1nc(SCc2ccccc2)ccn1[C@@H]1O[C@H](COP(=O)(O)OP(=O)(O)O)[C@@H](O)[C@H]1O. The fourth-order valence-corrected chi connectivity index (χ4v) is 5.23. The summed E-state index contributed by atoms with van der Waals surface area (Å²) in [4.78, 5) is 42.8. The zero-order chi connectivity index (χ0) is 23.5. The minimum absolute atomic E-state index is 0. The average molecular weight is 527 g/mol. The van der Waals surface area contributed by atoms with Crippen LogP contribution in [-0.4, -0.2) is 59.4 Å². The summed E-state index contributed by atoms with van der Waals surface area (Å²) in [6, 6.07) is 11.0. The molecule has 33 heavy (non-hydrogen) atoms. The second-order valence-corrected chi connectivity index (χ2v) is 10.4. The van der Waals surface area contributed by atoms with E-state index in [2.05, 4.69) is 13.8 Å². The first-order chi connectivity index (χ1) is 15.0. The van der Waals surface area contributed by atoms with E-state index in [4.69, 9.17) is 14.5 Å². The highest BCUT2D eigenvalue weighted by Crippen LogP contribution is 2.57. The number of benzene rings is 1. The standard InChI is InChI=1S/C16H20N2O11P2S.H3N/c19-13-11(8-27-31(25,26)29-30(22,23)24)28-15(14(13)20)18-7-6-12(17-16(18)21)32-9-10-4-2-1-3-5-10;/h1-7,11,13-15,19-20H,8-9H2,(H,25,26)(H2,22,23,24);1H3/t11-,13-,14-,15-;/m1./s1. The van der Waals surface area contributed by atoms with Crippen molar-refractivity contribution in [3.05, 3.63) is 58.6 Å². The van der Waals surface area contributed by atoms with Crippen LogP contribution in [0.1, 0.15) is 11.8 Å². The minimum Gasteiger partial charge on any atom is -0.387 e. The summed E-state index contributed by atoms with van der Waals surface area (Å²) in [5.74, 6) is 0.579. The van der Waals surface area contributed by atoms with Gasteiger partial charge in [0.15, 0.2) is 6.23 Å². The Morgan fingerprint density at radius 3 is 2.36 bits per heavy atom. The maximum Gasteiger partial charge on any atom is 0.481 e. The fourth-order valence-electron chi connectivity index (χ4n) is 2.82. The van der Waals surface area contributed by atoms with Crippen LogP contribution in [0.3, 0.4) is 0 Å². The number of aliphatic hydroxyl groups is 2. The molecular formula is C16H23N3O11P2S. The number of rotatable bonds is 9. The van der Waals surface area contributed by atoms with Gasteiger partial charge in [-0.1, -0.05) is 30.3 Å². The third-order valence-corrected chi connectivity index (χ3v) is 7.41. The lowest BCUT2D eigenvalue weighted by molar-refractivity contribution is -0.0543. The molecule has 184 valence electrons. The van der Waals surface area contributed by atoms with Gasteiger partial charge in [0.1, 0.15) is 23.3 Å². The Labute approximate surface area is 191 Å². The molecule has 0 amide bonds. The van der Waals surface area contributed by atoms with Crippen LogP contribution in [0.15, 0.2) is 52.4 Å². The van der Waals surface area contributed by atoms with Crippen molar-refractivity contribution < 1.29 is 47.6 Å². The van der Waals surface area contributed by atoms with Crippen LogP contribution >= 0.6 is 27.4 Å². The van der Waals surface area contributed by atoms with Gasteiger partial charge < -0.3 is 35.8 Å². The zero-order valence-electron chi connectivity index (χ0n) is 16.9. The first-order valence-electron chi connectivity index (χ1n) is 8.97. The van der Waals surface area contributed by atoms with Crippen molar-refractivity contribution in [1.82, 2.24) is 15.7 Å². The van der Waals surface area contributed by atoms with E-state index >= 15 is 0 Å². The maximum atomic E-state index is 12.4. The van der Waals surface area contributed by atoms with Crippen LogP contribution in [0, 0.1) is 0 Å². The van der Waals surface area contributed by atoms with E-state index in [1.807, 2.05) is 30.3 Å². The average Bonchev–Trinajstić information content (AvgIpc) is 2.98. The summed E-state index contributed by atoms with van der Waals surface area (Å²) >= 11 is 1.32. The highest BCUT2D eigenvalue weighted by molar-refractivity contribution is 7.98. The summed E-state index contributed by atoms with van der Waals surface area (Å²) in [6.07, 6.45) is -4.73. The number of aromatic nitrogens is 2. The molecule has 0 aliphatic carbocycles. The molecule has 0 spiro atoms. The molecule has 0 saturated carbocycles. The lowest BCUT2D eigenvalue weighted by Crippen LogP contribution is -2.36.